The van der Waals surface area contributed by atoms with Gasteiger partial charge in [0.15, 0.2) is 17.5 Å². The molecule has 0 aliphatic carbocycles. The first-order valence-electron chi connectivity index (χ1n) is 7.90. The van der Waals surface area contributed by atoms with Gasteiger partial charge in [-0.05, 0) is 46.7 Å². The summed E-state index contributed by atoms with van der Waals surface area (Å²) in [5.74, 6) is -4.29. The SMILES string of the molecule is COc1ccc2cc(CN(C)S(=O)(=O)c3ccc(F)c(F)c3F)ccc2c1. The van der Waals surface area contributed by atoms with Gasteiger partial charge in [-0.25, -0.2) is 21.6 Å². The van der Waals surface area contributed by atoms with Gasteiger partial charge in [0.05, 0.1) is 7.11 Å². The zero-order valence-corrected chi connectivity index (χ0v) is 15.4. The molecule has 0 aliphatic rings. The van der Waals surface area contributed by atoms with Gasteiger partial charge in [0.25, 0.3) is 0 Å². The van der Waals surface area contributed by atoms with Crippen molar-refractivity contribution in [1.82, 2.24) is 4.31 Å². The van der Waals surface area contributed by atoms with Crippen molar-refractivity contribution >= 4 is 20.8 Å². The van der Waals surface area contributed by atoms with Gasteiger partial charge in [-0.2, -0.15) is 4.31 Å². The summed E-state index contributed by atoms with van der Waals surface area (Å²) in [6, 6.07) is 12.1. The van der Waals surface area contributed by atoms with E-state index in [4.69, 9.17) is 4.74 Å². The van der Waals surface area contributed by atoms with Crippen molar-refractivity contribution in [3.05, 3.63) is 71.5 Å². The number of halogens is 3. The van der Waals surface area contributed by atoms with Gasteiger partial charge >= 0.3 is 0 Å². The quantitative estimate of drug-likeness (QED) is 0.612. The highest BCUT2D eigenvalue weighted by molar-refractivity contribution is 7.89. The number of nitrogens with zero attached hydrogens (tertiary/aromatic N) is 1. The molecule has 27 heavy (non-hydrogen) atoms. The minimum atomic E-state index is -4.34. The molecule has 0 radical (unpaired) electrons. The van der Waals surface area contributed by atoms with Crippen LogP contribution in [0.1, 0.15) is 5.56 Å². The molecule has 0 amide bonds. The number of methoxy groups -OCH3 is 1. The molecule has 0 fully saturated rings. The number of fused-ring (bicyclic) bond motifs is 1. The average Bonchev–Trinajstić information content (AvgIpc) is 2.65. The Morgan fingerprint density at radius 1 is 0.926 bits per heavy atom. The second-order valence-electron chi connectivity index (χ2n) is 5.98. The molecule has 0 bridgehead atoms. The summed E-state index contributed by atoms with van der Waals surface area (Å²) in [5, 5.41) is 1.79. The van der Waals surface area contributed by atoms with Crippen molar-refractivity contribution in [3.63, 3.8) is 0 Å². The lowest BCUT2D eigenvalue weighted by molar-refractivity contribution is 0.415. The molecule has 8 heteroatoms. The highest BCUT2D eigenvalue weighted by Gasteiger charge is 2.28. The van der Waals surface area contributed by atoms with Crippen LogP contribution in [0.4, 0.5) is 13.2 Å². The summed E-state index contributed by atoms with van der Waals surface area (Å²) in [5.41, 5.74) is 0.654. The van der Waals surface area contributed by atoms with Crippen molar-refractivity contribution in [1.29, 1.82) is 0 Å². The first kappa shape index (κ1) is 19.2. The molecule has 0 unspecified atom stereocenters. The van der Waals surface area contributed by atoms with Gasteiger partial charge in [0, 0.05) is 13.6 Å². The van der Waals surface area contributed by atoms with Gasteiger partial charge < -0.3 is 4.74 Å². The second kappa shape index (κ2) is 7.21. The maximum atomic E-state index is 13.9. The van der Waals surface area contributed by atoms with E-state index in [2.05, 4.69) is 0 Å². The molecule has 4 nitrogen and oxygen atoms in total. The fraction of sp³-hybridized carbons (Fsp3) is 0.158. The molecule has 0 spiro atoms. The molecule has 142 valence electrons. The monoisotopic (exact) mass is 395 g/mol. The third-order valence-corrected chi connectivity index (χ3v) is 6.03. The van der Waals surface area contributed by atoms with E-state index in [-0.39, 0.29) is 6.54 Å². The maximum absolute atomic E-state index is 13.9. The molecular formula is C19H16F3NO3S. The molecule has 0 heterocycles. The van der Waals surface area contributed by atoms with Crippen LogP contribution < -0.4 is 4.74 Å². The van der Waals surface area contributed by atoms with E-state index in [0.29, 0.717) is 23.4 Å². The Morgan fingerprint density at radius 2 is 1.59 bits per heavy atom. The van der Waals surface area contributed by atoms with Gasteiger partial charge in [-0.15, -0.1) is 0 Å². The van der Waals surface area contributed by atoms with Crippen LogP contribution in [0.3, 0.4) is 0 Å². The zero-order chi connectivity index (χ0) is 19.8. The normalized spacial score (nSPS) is 11.9. The van der Waals surface area contributed by atoms with E-state index in [1.165, 1.54) is 7.05 Å². The van der Waals surface area contributed by atoms with Crippen LogP contribution in [-0.2, 0) is 16.6 Å². The van der Waals surface area contributed by atoms with Gasteiger partial charge in [-0.1, -0.05) is 18.2 Å². The number of ether oxygens (including phenoxy) is 1. The van der Waals surface area contributed by atoms with Gasteiger partial charge in [0.1, 0.15) is 10.6 Å². The van der Waals surface area contributed by atoms with E-state index in [1.807, 2.05) is 18.2 Å². The molecule has 3 rings (SSSR count). The van der Waals surface area contributed by atoms with E-state index in [0.717, 1.165) is 15.1 Å². The lowest BCUT2D eigenvalue weighted by atomic mass is 10.1. The molecule has 0 aliphatic heterocycles. The molecular weight excluding hydrogens is 379 g/mol. The lowest BCUT2D eigenvalue weighted by Crippen LogP contribution is -2.27. The van der Waals surface area contributed by atoms with E-state index in [9.17, 15) is 21.6 Å². The van der Waals surface area contributed by atoms with Crippen LogP contribution >= 0.6 is 0 Å². The van der Waals surface area contributed by atoms with Crippen LogP contribution in [0.15, 0.2) is 53.4 Å². The molecule has 0 saturated heterocycles. The van der Waals surface area contributed by atoms with Gasteiger partial charge in [-0.3, -0.25) is 0 Å². The summed E-state index contributed by atoms with van der Waals surface area (Å²) < 4.78 is 71.5. The molecule has 0 atom stereocenters. The van der Waals surface area contributed by atoms with Crippen molar-refractivity contribution < 1.29 is 26.3 Å². The van der Waals surface area contributed by atoms with Crippen molar-refractivity contribution in [2.24, 2.45) is 0 Å². The Hall–Kier alpha value is -2.58. The third-order valence-electron chi connectivity index (χ3n) is 4.21. The second-order valence-corrected chi connectivity index (χ2v) is 8.00. The van der Waals surface area contributed by atoms with Crippen LogP contribution in [0.25, 0.3) is 10.8 Å². The van der Waals surface area contributed by atoms with Gasteiger partial charge in [0.2, 0.25) is 10.0 Å². The van der Waals surface area contributed by atoms with E-state index < -0.39 is 32.4 Å². The smallest absolute Gasteiger partial charge is 0.246 e. The Morgan fingerprint density at radius 3 is 2.30 bits per heavy atom. The average molecular weight is 395 g/mol. The van der Waals surface area contributed by atoms with Crippen LogP contribution in [0, 0.1) is 17.5 Å². The standard InChI is InChI=1S/C19H16F3NO3S/c1-23(27(24,25)17-8-7-16(20)18(21)19(17)22)11-12-3-4-14-10-15(26-2)6-5-13(14)9-12/h3-10H,11H2,1-2H3. The van der Waals surface area contributed by atoms with E-state index >= 15 is 0 Å². The molecule has 3 aromatic rings. The Bertz CT molecular complexity index is 1120. The number of sulfonamides is 1. The first-order chi connectivity index (χ1) is 12.7. The number of rotatable bonds is 5. The third kappa shape index (κ3) is 3.63. The predicted octanol–water partition coefficient (Wildman–Crippen LogP) is 4.09. The summed E-state index contributed by atoms with van der Waals surface area (Å²) in [7, 11) is -1.53. The highest BCUT2D eigenvalue weighted by atomic mass is 32.2. The summed E-state index contributed by atoms with van der Waals surface area (Å²) in [4.78, 5) is -0.908. The zero-order valence-electron chi connectivity index (χ0n) is 14.5. The number of benzene rings is 3. The molecule has 0 N–H and O–H groups in total. The summed E-state index contributed by atoms with van der Waals surface area (Å²) in [6.07, 6.45) is 0. The number of hydrogen-bond donors (Lipinski definition) is 0. The lowest BCUT2D eigenvalue weighted by Gasteiger charge is -2.18. The molecule has 3 aromatic carbocycles. The fourth-order valence-electron chi connectivity index (χ4n) is 2.72. The van der Waals surface area contributed by atoms with Crippen LogP contribution in [0.2, 0.25) is 0 Å². The van der Waals surface area contributed by atoms with E-state index in [1.54, 1.807) is 25.3 Å². The van der Waals surface area contributed by atoms with Crippen molar-refractivity contribution in [2.75, 3.05) is 14.2 Å². The number of hydrogen-bond acceptors (Lipinski definition) is 3. The highest BCUT2D eigenvalue weighted by Crippen LogP contribution is 2.25. The Labute approximate surface area is 154 Å². The first-order valence-corrected chi connectivity index (χ1v) is 9.34. The largest absolute Gasteiger partial charge is 0.497 e. The Kier molecular flexibility index (Phi) is 5.12. The maximum Gasteiger partial charge on any atom is 0.246 e. The van der Waals surface area contributed by atoms with Crippen LogP contribution in [0.5, 0.6) is 5.75 Å². The molecule has 0 aromatic heterocycles. The fourth-order valence-corrected chi connectivity index (χ4v) is 3.93. The minimum absolute atomic E-state index is 0.0667. The summed E-state index contributed by atoms with van der Waals surface area (Å²) in [6.45, 7) is -0.0667. The Balaban J connectivity index is 1.91. The van der Waals surface area contributed by atoms with Crippen LogP contribution in [-0.4, -0.2) is 26.9 Å². The summed E-state index contributed by atoms with van der Waals surface area (Å²) >= 11 is 0. The predicted molar refractivity (Wildman–Crippen MR) is 95.5 cm³/mol. The minimum Gasteiger partial charge on any atom is -0.497 e. The topological polar surface area (TPSA) is 46.6 Å². The van der Waals surface area contributed by atoms with Crippen molar-refractivity contribution in [3.8, 4) is 5.75 Å². The van der Waals surface area contributed by atoms with Crippen molar-refractivity contribution in [2.45, 2.75) is 11.4 Å². The molecule has 0 saturated carbocycles.